The van der Waals surface area contributed by atoms with Gasteiger partial charge in [-0.3, -0.25) is 19.6 Å². The van der Waals surface area contributed by atoms with Crippen LogP contribution in [0.15, 0.2) is 37.2 Å². The van der Waals surface area contributed by atoms with Crippen molar-refractivity contribution >= 4 is 11.8 Å². The number of carbonyl (C=O) groups excluding carboxylic acids is 2. The molecule has 0 radical (unpaired) electrons. The van der Waals surface area contributed by atoms with Gasteiger partial charge in [0.2, 0.25) is 0 Å². The molecule has 9 nitrogen and oxygen atoms in total. The molecule has 1 atom stereocenters. The highest BCUT2D eigenvalue weighted by molar-refractivity contribution is 5.93. The summed E-state index contributed by atoms with van der Waals surface area (Å²) in [6, 6.07) is 0. The van der Waals surface area contributed by atoms with Gasteiger partial charge in [0.05, 0.1) is 32.1 Å². The zero-order chi connectivity index (χ0) is 18.7. The average molecular weight is 368 g/mol. The molecule has 0 unspecified atom stereocenters. The van der Waals surface area contributed by atoms with E-state index < -0.39 is 0 Å². The third-order valence-corrected chi connectivity index (χ3v) is 5.01. The second-order valence-electron chi connectivity index (χ2n) is 6.95. The van der Waals surface area contributed by atoms with Crippen molar-refractivity contribution in [1.82, 2.24) is 30.2 Å². The molecule has 1 N–H and O–H groups in total. The first-order chi connectivity index (χ1) is 13.2. The number of amides is 2. The molecule has 2 aliphatic rings. The Morgan fingerprint density at radius 2 is 1.81 bits per heavy atom. The Labute approximate surface area is 156 Å². The first-order valence-corrected chi connectivity index (χ1v) is 8.89. The van der Waals surface area contributed by atoms with Gasteiger partial charge in [0.1, 0.15) is 17.0 Å². The van der Waals surface area contributed by atoms with Crippen LogP contribution in [0.3, 0.4) is 0 Å². The highest BCUT2D eigenvalue weighted by Gasteiger charge is 2.48. The Kier molecular flexibility index (Phi) is 4.76. The molecular weight excluding hydrogens is 348 g/mol. The van der Waals surface area contributed by atoms with E-state index in [9.17, 15) is 9.59 Å². The van der Waals surface area contributed by atoms with Crippen LogP contribution in [0.25, 0.3) is 0 Å². The molecule has 140 valence electrons. The first kappa shape index (κ1) is 17.5. The summed E-state index contributed by atoms with van der Waals surface area (Å²) in [5, 5.41) is 2.88. The van der Waals surface area contributed by atoms with E-state index in [1.54, 1.807) is 11.1 Å². The Morgan fingerprint density at radius 3 is 2.41 bits per heavy atom. The number of nitrogens with zero attached hydrogens (tertiary/aromatic N) is 5. The van der Waals surface area contributed by atoms with E-state index in [0.717, 1.165) is 12.8 Å². The molecular formula is C18H20N6O3. The van der Waals surface area contributed by atoms with Crippen molar-refractivity contribution < 1.29 is 14.3 Å². The molecule has 0 saturated carbocycles. The van der Waals surface area contributed by atoms with Gasteiger partial charge in [0.25, 0.3) is 11.8 Å². The lowest BCUT2D eigenvalue weighted by Crippen LogP contribution is -2.66. The second kappa shape index (κ2) is 7.36. The van der Waals surface area contributed by atoms with Crippen LogP contribution in [0, 0.1) is 5.92 Å². The zero-order valence-electron chi connectivity index (χ0n) is 14.7. The lowest BCUT2D eigenvalue weighted by molar-refractivity contribution is -0.166. The maximum atomic E-state index is 12.3. The average Bonchev–Trinajstić information content (AvgIpc) is 2.71. The van der Waals surface area contributed by atoms with Crippen LogP contribution in [-0.2, 0) is 4.74 Å². The molecule has 2 fully saturated rings. The molecule has 2 aliphatic heterocycles. The number of ether oxygens (including phenoxy) is 1. The quantitative estimate of drug-likeness (QED) is 0.827. The van der Waals surface area contributed by atoms with Crippen LogP contribution < -0.4 is 5.32 Å². The molecule has 0 bridgehead atoms. The third kappa shape index (κ3) is 3.77. The monoisotopic (exact) mass is 368 g/mol. The number of rotatable bonds is 4. The summed E-state index contributed by atoms with van der Waals surface area (Å²) in [5.74, 6) is -0.0931. The normalized spacial score (nSPS) is 20.7. The lowest BCUT2D eigenvalue weighted by atomic mass is 9.82. The summed E-state index contributed by atoms with van der Waals surface area (Å²) >= 11 is 0. The predicted molar refractivity (Wildman–Crippen MR) is 93.7 cm³/mol. The first-order valence-electron chi connectivity index (χ1n) is 8.89. The van der Waals surface area contributed by atoms with Crippen molar-refractivity contribution in [2.24, 2.45) is 5.92 Å². The Hall–Kier alpha value is -2.94. The minimum Gasteiger partial charge on any atom is -0.371 e. The maximum Gasteiger partial charge on any atom is 0.274 e. The van der Waals surface area contributed by atoms with Crippen molar-refractivity contribution in [2.45, 2.75) is 18.4 Å². The van der Waals surface area contributed by atoms with E-state index in [-0.39, 0.29) is 23.3 Å². The highest BCUT2D eigenvalue weighted by atomic mass is 16.5. The van der Waals surface area contributed by atoms with Crippen LogP contribution in [0.4, 0.5) is 0 Å². The predicted octanol–water partition coefficient (Wildman–Crippen LogP) is 0.318. The molecule has 0 aromatic carbocycles. The Morgan fingerprint density at radius 1 is 1.11 bits per heavy atom. The summed E-state index contributed by atoms with van der Waals surface area (Å²) in [6.07, 6.45) is 10.8. The minimum atomic E-state index is -0.261. The van der Waals surface area contributed by atoms with E-state index >= 15 is 0 Å². The Bertz CT molecular complexity index is 800. The fraction of sp³-hybridized carbons (Fsp3) is 0.444. The number of aromatic nitrogens is 4. The molecule has 2 amide bonds. The van der Waals surface area contributed by atoms with Gasteiger partial charge < -0.3 is 15.0 Å². The number of hydrogen-bond donors (Lipinski definition) is 1. The topological polar surface area (TPSA) is 110 Å². The Balaban J connectivity index is 1.22. The van der Waals surface area contributed by atoms with Crippen molar-refractivity contribution in [3.63, 3.8) is 0 Å². The van der Waals surface area contributed by atoms with Crippen LogP contribution in [-0.4, -0.2) is 68.5 Å². The van der Waals surface area contributed by atoms with Gasteiger partial charge in [0, 0.05) is 31.3 Å². The molecule has 2 aromatic rings. The van der Waals surface area contributed by atoms with E-state index in [0.29, 0.717) is 37.6 Å². The van der Waals surface area contributed by atoms with E-state index in [1.165, 1.54) is 31.0 Å². The van der Waals surface area contributed by atoms with Crippen LogP contribution in [0.1, 0.15) is 33.8 Å². The highest BCUT2D eigenvalue weighted by Crippen LogP contribution is 2.36. The smallest absolute Gasteiger partial charge is 0.274 e. The molecule has 0 aliphatic carbocycles. The van der Waals surface area contributed by atoms with Crippen molar-refractivity contribution in [2.75, 3.05) is 26.2 Å². The van der Waals surface area contributed by atoms with Gasteiger partial charge in [0.15, 0.2) is 0 Å². The van der Waals surface area contributed by atoms with Crippen molar-refractivity contribution in [3.8, 4) is 0 Å². The number of nitrogens with one attached hydrogen (secondary N) is 1. The summed E-state index contributed by atoms with van der Waals surface area (Å²) in [5.41, 5.74) is 0.402. The van der Waals surface area contributed by atoms with Gasteiger partial charge in [-0.1, -0.05) is 0 Å². The largest absolute Gasteiger partial charge is 0.371 e. The molecule has 4 rings (SSSR count). The molecule has 1 spiro atoms. The van der Waals surface area contributed by atoms with Crippen molar-refractivity contribution in [3.05, 3.63) is 48.6 Å². The van der Waals surface area contributed by atoms with Gasteiger partial charge in [-0.25, -0.2) is 9.97 Å². The lowest BCUT2D eigenvalue weighted by Gasteiger charge is -2.52. The van der Waals surface area contributed by atoms with Gasteiger partial charge in [-0.2, -0.15) is 0 Å². The van der Waals surface area contributed by atoms with Crippen LogP contribution in [0.5, 0.6) is 0 Å². The number of likely N-dealkylation sites (tertiary alicyclic amines) is 1. The summed E-state index contributed by atoms with van der Waals surface area (Å²) in [6.45, 7) is 2.24. The SMILES string of the molecule is O=C(NC[C@H]1CCC2(CN(C(=O)c3cnccn3)C2)OC1)c1cnccn1. The molecule has 4 heterocycles. The van der Waals surface area contributed by atoms with E-state index in [4.69, 9.17) is 4.74 Å². The maximum absolute atomic E-state index is 12.3. The van der Waals surface area contributed by atoms with Crippen LogP contribution in [0.2, 0.25) is 0 Å². The fourth-order valence-corrected chi connectivity index (χ4v) is 3.44. The minimum absolute atomic E-state index is 0.115. The molecule has 2 saturated heterocycles. The number of hydrogen-bond acceptors (Lipinski definition) is 7. The van der Waals surface area contributed by atoms with Gasteiger partial charge >= 0.3 is 0 Å². The number of carbonyl (C=O) groups is 2. The van der Waals surface area contributed by atoms with E-state index in [1.807, 2.05) is 0 Å². The third-order valence-electron chi connectivity index (χ3n) is 5.01. The zero-order valence-corrected chi connectivity index (χ0v) is 14.7. The fourth-order valence-electron chi connectivity index (χ4n) is 3.44. The molecule has 27 heavy (non-hydrogen) atoms. The molecule has 2 aromatic heterocycles. The van der Waals surface area contributed by atoms with Crippen LogP contribution >= 0.6 is 0 Å². The van der Waals surface area contributed by atoms with E-state index in [2.05, 4.69) is 25.3 Å². The summed E-state index contributed by atoms with van der Waals surface area (Å²) in [7, 11) is 0. The second-order valence-corrected chi connectivity index (χ2v) is 6.95. The van der Waals surface area contributed by atoms with Gasteiger partial charge in [-0.05, 0) is 18.8 Å². The summed E-state index contributed by atoms with van der Waals surface area (Å²) in [4.78, 5) is 42.0. The molecule has 9 heteroatoms. The van der Waals surface area contributed by atoms with Gasteiger partial charge in [-0.15, -0.1) is 0 Å². The summed E-state index contributed by atoms with van der Waals surface area (Å²) < 4.78 is 6.06. The standard InChI is InChI=1S/C18H20N6O3/c25-16(14-8-19-3-5-21-14)23-7-13-1-2-18(27-10-13)11-24(12-18)17(26)15-9-20-4-6-22-15/h3-6,8-9,13H,1-2,7,10-12H2,(H,23,25)/t13-/m1/s1. The van der Waals surface area contributed by atoms with Crippen molar-refractivity contribution in [1.29, 1.82) is 0 Å².